The number of fused-ring (bicyclic) bond motifs is 1. The third-order valence-electron chi connectivity index (χ3n) is 5.46. The van der Waals surface area contributed by atoms with Crippen molar-refractivity contribution in [3.8, 4) is 5.75 Å². The molecule has 1 saturated heterocycles. The molecule has 8 heteroatoms. The van der Waals surface area contributed by atoms with Gasteiger partial charge in [0.05, 0.1) is 18.9 Å². The van der Waals surface area contributed by atoms with E-state index in [4.69, 9.17) is 9.47 Å². The van der Waals surface area contributed by atoms with E-state index in [1.807, 2.05) is 26.0 Å². The first-order valence-corrected chi connectivity index (χ1v) is 10.1. The lowest BCUT2D eigenvalue weighted by molar-refractivity contribution is -0.136. The van der Waals surface area contributed by atoms with Crippen LogP contribution in [0.25, 0.3) is 0 Å². The third kappa shape index (κ3) is 3.15. The zero-order valence-corrected chi connectivity index (χ0v) is 17.5. The number of rotatable bonds is 6. The van der Waals surface area contributed by atoms with Crippen LogP contribution in [0.3, 0.4) is 0 Å². The largest absolute Gasteiger partial charge is 0.494 e. The Morgan fingerprint density at radius 1 is 1.06 bits per heavy atom. The molecule has 2 atom stereocenters. The van der Waals surface area contributed by atoms with E-state index in [-0.39, 0.29) is 12.3 Å². The number of ether oxygens (including phenoxy) is 2. The average molecular weight is 421 g/mol. The van der Waals surface area contributed by atoms with Gasteiger partial charge in [0.2, 0.25) is 5.91 Å². The molecule has 2 heterocycles. The summed E-state index contributed by atoms with van der Waals surface area (Å²) in [5.41, 5.74) is 3.16. The van der Waals surface area contributed by atoms with E-state index in [0.717, 1.165) is 10.5 Å². The summed E-state index contributed by atoms with van der Waals surface area (Å²) in [7, 11) is 0. The van der Waals surface area contributed by atoms with Crippen LogP contribution in [-0.4, -0.2) is 36.7 Å². The van der Waals surface area contributed by atoms with Crippen LogP contribution in [0.15, 0.2) is 53.6 Å². The third-order valence-corrected chi connectivity index (χ3v) is 5.46. The summed E-state index contributed by atoms with van der Waals surface area (Å²) in [5.74, 6) is -2.26. The van der Waals surface area contributed by atoms with Crippen LogP contribution in [0.5, 0.6) is 5.75 Å². The molecule has 0 radical (unpaired) electrons. The molecular weight excluding hydrogens is 398 g/mol. The quantitative estimate of drug-likeness (QED) is 0.568. The van der Waals surface area contributed by atoms with Crippen molar-refractivity contribution in [2.75, 3.05) is 18.1 Å². The zero-order valence-electron chi connectivity index (χ0n) is 17.5. The maximum atomic E-state index is 13.7. The minimum Gasteiger partial charge on any atom is -0.494 e. The van der Waals surface area contributed by atoms with Crippen LogP contribution in [0.1, 0.15) is 25.0 Å². The molecule has 2 aliphatic heterocycles. The molecule has 0 bridgehead atoms. The number of amides is 2. The number of nitrogens with zero attached hydrogens (tertiary/aromatic N) is 2. The highest BCUT2D eigenvalue weighted by atomic mass is 16.5. The molecule has 2 aliphatic rings. The van der Waals surface area contributed by atoms with Gasteiger partial charge in [-0.1, -0.05) is 29.8 Å². The summed E-state index contributed by atoms with van der Waals surface area (Å²) in [6.45, 7) is 6.10. The van der Waals surface area contributed by atoms with Crippen LogP contribution < -0.4 is 15.1 Å². The van der Waals surface area contributed by atoms with Crippen LogP contribution >= 0.6 is 0 Å². The Bertz CT molecular complexity index is 1060. The SMILES string of the molecule is CCOC(=O)C1=NN[C@]2(c3ccc(C)cc3)C(=O)N(c3ccc(OCC)cc3)C(=O)[C@@H]12. The minimum absolute atomic E-state index is 0.103. The van der Waals surface area contributed by atoms with Gasteiger partial charge in [-0.15, -0.1) is 0 Å². The van der Waals surface area contributed by atoms with Crippen molar-refractivity contribution in [3.63, 3.8) is 0 Å². The van der Waals surface area contributed by atoms with Crippen molar-refractivity contribution in [1.82, 2.24) is 5.43 Å². The number of nitrogens with one attached hydrogen (secondary N) is 1. The molecule has 0 aliphatic carbocycles. The summed E-state index contributed by atoms with van der Waals surface area (Å²) in [4.78, 5) is 40.9. The number of hydrazone groups is 1. The van der Waals surface area contributed by atoms with Crippen molar-refractivity contribution < 1.29 is 23.9 Å². The molecule has 0 saturated carbocycles. The standard InChI is InChI=1S/C23H23N3O5/c1-4-30-17-12-10-16(11-13-17)26-20(27)18-19(21(28)31-5-2)24-25-23(18,22(26)29)15-8-6-14(3)7-9-15/h6-13,18,25H,4-5H2,1-3H3/t18-,23+/m1/s1. The topological polar surface area (TPSA) is 97.3 Å². The van der Waals surface area contributed by atoms with Gasteiger partial charge in [-0.2, -0.15) is 5.10 Å². The Morgan fingerprint density at radius 3 is 2.35 bits per heavy atom. The monoisotopic (exact) mass is 421 g/mol. The first-order valence-electron chi connectivity index (χ1n) is 10.1. The molecule has 8 nitrogen and oxygen atoms in total. The zero-order chi connectivity index (χ0) is 22.2. The van der Waals surface area contributed by atoms with Gasteiger partial charge in [-0.25, -0.2) is 9.69 Å². The number of anilines is 1. The summed E-state index contributed by atoms with van der Waals surface area (Å²) in [5, 5.41) is 4.08. The van der Waals surface area contributed by atoms with Crippen LogP contribution in [0.2, 0.25) is 0 Å². The van der Waals surface area contributed by atoms with E-state index in [9.17, 15) is 14.4 Å². The van der Waals surface area contributed by atoms with Crippen LogP contribution in [-0.2, 0) is 24.7 Å². The summed E-state index contributed by atoms with van der Waals surface area (Å²) >= 11 is 0. The fourth-order valence-electron chi connectivity index (χ4n) is 4.00. The van der Waals surface area contributed by atoms with Crippen LogP contribution in [0.4, 0.5) is 5.69 Å². The number of benzene rings is 2. The first-order chi connectivity index (χ1) is 14.9. The average Bonchev–Trinajstić information content (AvgIpc) is 3.26. The molecule has 2 amide bonds. The Kier molecular flexibility index (Phi) is 5.22. The van der Waals surface area contributed by atoms with Crippen LogP contribution in [0, 0.1) is 12.8 Å². The number of esters is 1. The van der Waals surface area contributed by atoms with E-state index in [1.165, 1.54) is 0 Å². The molecule has 31 heavy (non-hydrogen) atoms. The number of carbonyl (C=O) groups excluding carboxylic acids is 3. The number of carbonyl (C=O) groups is 3. The van der Waals surface area contributed by atoms with Crippen molar-refractivity contribution in [2.24, 2.45) is 11.0 Å². The lowest BCUT2D eigenvalue weighted by Gasteiger charge is -2.26. The maximum absolute atomic E-state index is 13.7. The Morgan fingerprint density at radius 2 is 1.74 bits per heavy atom. The van der Waals surface area contributed by atoms with E-state index in [2.05, 4.69) is 10.5 Å². The first kappa shape index (κ1) is 20.6. The fourth-order valence-corrected chi connectivity index (χ4v) is 4.00. The Labute approximate surface area is 179 Å². The van der Waals surface area contributed by atoms with Gasteiger partial charge in [0, 0.05) is 0 Å². The smallest absolute Gasteiger partial charge is 0.355 e. The van der Waals surface area contributed by atoms with E-state index in [0.29, 0.717) is 23.6 Å². The Balaban J connectivity index is 1.80. The van der Waals surface area contributed by atoms with Gasteiger partial charge in [0.15, 0.2) is 11.3 Å². The van der Waals surface area contributed by atoms with Crippen molar-refractivity contribution in [3.05, 3.63) is 59.7 Å². The normalized spacial score (nSPS) is 22.1. The molecule has 2 aromatic rings. The number of hydrogen-bond acceptors (Lipinski definition) is 7. The predicted octanol–water partition coefficient (Wildman–Crippen LogP) is 2.30. The highest BCUT2D eigenvalue weighted by Crippen LogP contribution is 2.45. The van der Waals surface area contributed by atoms with E-state index < -0.39 is 29.2 Å². The highest BCUT2D eigenvalue weighted by molar-refractivity contribution is 6.47. The second kappa shape index (κ2) is 7.86. The maximum Gasteiger partial charge on any atom is 0.355 e. The fraction of sp³-hybridized carbons (Fsp3) is 0.304. The summed E-state index contributed by atoms with van der Waals surface area (Å²) in [6.07, 6.45) is 0. The van der Waals surface area contributed by atoms with E-state index >= 15 is 0 Å². The molecule has 0 aromatic heterocycles. The predicted molar refractivity (Wildman–Crippen MR) is 114 cm³/mol. The van der Waals surface area contributed by atoms with Crippen molar-refractivity contribution in [2.45, 2.75) is 26.3 Å². The molecule has 2 aromatic carbocycles. The number of imide groups is 1. The summed E-state index contributed by atoms with van der Waals surface area (Å²) < 4.78 is 10.5. The van der Waals surface area contributed by atoms with Crippen molar-refractivity contribution >= 4 is 29.2 Å². The van der Waals surface area contributed by atoms with Gasteiger partial charge in [0.1, 0.15) is 11.7 Å². The Hall–Kier alpha value is -3.68. The van der Waals surface area contributed by atoms with Gasteiger partial charge in [0.25, 0.3) is 5.91 Å². The molecule has 1 N–H and O–H groups in total. The lowest BCUT2D eigenvalue weighted by atomic mass is 9.78. The molecule has 1 fully saturated rings. The lowest BCUT2D eigenvalue weighted by Crippen LogP contribution is -2.48. The number of hydrogen-bond donors (Lipinski definition) is 1. The molecule has 160 valence electrons. The molecule has 0 unspecified atom stereocenters. The van der Waals surface area contributed by atoms with Gasteiger partial charge in [-0.3, -0.25) is 15.0 Å². The second-order valence-corrected chi connectivity index (χ2v) is 7.34. The second-order valence-electron chi connectivity index (χ2n) is 7.34. The minimum atomic E-state index is -1.51. The van der Waals surface area contributed by atoms with Crippen molar-refractivity contribution in [1.29, 1.82) is 0 Å². The summed E-state index contributed by atoms with van der Waals surface area (Å²) in [6, 6.07) is 13.9. The molecular formula is C23H23N3O5. The highest BCUT2D eigenvalue weighted by Gasteiger charge is 2.67. The van der Waals surface area contributed by atoms with Gasteiger partial charge >= 0.3 is 5.97 Å². The van der Waals surface area contributed by atoms with Gasteiger partial charge in [-0.05, 0) is 50.6 Å². The van der Waals surface area contributed by atoms with E-state index in [1.54, 1.807) is 43.3 Å². The number of aryl methyl sites for hydroxylation is 1. The van der Waals surface area contributed by atoms with Gasteiger partial charge < -0.3 is 9.47 Å². The molecule has 0 spiro atoms. The molecule has 4 rings (SSSR count).